The fourth-order valence-electron chi connectivity index (χ4n) is 1.66. The number of thiophene rings is 2. The Morgan fingerprint density at radius 3 is 2.69 bits per heavy atom. The Balaban J connectivity index is 2.14. The molecule has 3 aromatic heterocycles. The van der Waals surface area contributed by atoms with Gasteiger partial charge in [0.1, 0.15) is 0 Å². The molecule has 0 saturated heterocycles. The van der Waals surface area contributed by atoms with Crippen molar-refractivity contribution in [1.29, 1.82) is 0 Å². The van der Waals surface area contributed by atoms with Crippen molar-refractivity contribution in [3.8, 4) is 20.9 Å². The Bertz CT molecular complexity index is 567. The van der Waals surface area contributed by atoms with Crippen molar-refractivity contribution < 1.29 is 0 Å². The number of rotatable bonds is 2. The fraction of sp³-hybridized carbons (Fsp3) is 0. The quantitative estimate of drug-likeness (QED) is 0.644. The highest BCUT2D eigenvalue weighted by Gasteiger charge is 2.09. The molecule has 3 heteroatoms. The molecule has 0 amide bonds. The predicted molar refractivity (Wildman–Crippen MR) is 70.9 cm³/mol. The van der Waals surface area contributed by atoms with E-state index in [2.05, 4.69) is 40.0 Å². The van der Waals surface area contributed by atoms with Crippen molar-refractivity contribution in [2.45, 2.75) is 0 Å². The van der Waals surface area contributed by atoms with E-state index in [-0.39, 0.29) is 0 Å². The maximum absolute atomic E-state index is 4.17. The van der Waals surface area contributed by atoms with Crippen LogP contribution in [-0.4, -0.2) is 4.98 Å². The van der Waals surface area contributed by atoms with Gasteiger partial charge in [0.05, 0.1) is 4.88 Å². The maximum atomic E-state index is 4.17. The van der Waals surface area contributed by atoms with E-state index in [1.807, 2.05) is 12.3 Å². The van der Waals surface area contributed by atoms with E-state index < -0.39 is 0 Å². The summed E-state index contributed by atoms with van der Waals surface area (Å²) in [5.41, 5.74) is 2.47. The van der Waals surface area contributed by atoms with Crippen LogP contribution in [0.3, 0.4) is 0 Å². The van der Waals surface area contributed by atoms with Crippen LogP contribution in [0.5, 0.6) is 0 Å². The first-order valence-corrected chi connectivity index (χ1v) is 6.73. The highest BCUT2D eigenvalue weighted by Crippen LogP contribution is 2.38. The van der Waals surface area contributed by atoms with Gasteiger partial charge in [-0.3, -0.25) is 4.98 Å². The van der Waals surface area contributed by atoms with Crippen molar-refractivity contribution in [3.05, 3.63) is 53.5 Å². The van der Waals surface area contributed by atoms with Crippen molar-refractivity contribution >= 4 is 22.7 Å². The van der Waals surface area contributed by atoms with Crippen LogP contribution in [0.15, 0.2) is 53.5 Å². The molecular formula is C13H9NS2. The standard InChI is InChI=1S/C13H9NS2/c1-3-10(9-14-6-1)11-5-8-16-13(11)12-4-2-7-15-12/h1-9H. The molecule has 3 aromatic rings. The summed E-state index contributed by atoms with van der Waals surface area (Å²) >= 11 is 3.56. The summed E-state index contributed by atoms with van der Waals surface area (Å²) in [4.78, 5) is 6.83. The number of hydrogen-bond acceptors (Lipinski definition) is 3. The van der Waals surface area contributed by atoms with Crippen molar-refractivity contribution in [1.82, 2.24) is 4.98 Å². The Kier molecular flexibility index (Phi) is 2.56. The third-order valence-corrected chi connectivity index (χ3v) is 4.35. The zero-order chi connectivity index (χ0) is 10.8. The number of aromatic nitrogens is 1. The van der Waals surface area contributed by atoms with E-state index in [1.165, 1.54) is 20.9 Å². The Hall–Kier alpha value is -1.45. The minimum absolute atomic E-state index is 1.19. The summed E-state index contributed by atoms with van der Waals surface area (Å²) in [5, 5.41) is 4.25. The van der Waals surface area contributed by atoms with Crippen LogP contribution in [-0.2, 0) is 0 Å². The van der Waals surface area contributed by atoms with Gasteiger partial charge >= 0.3 is 0 Å². The largest absolute Gasteiger partial charge is 0.264 e. The van der Waals surface area contributed by atoms with Crippen molar-refractivity contribution in [2.24, 2.45) is 0 Å². The summed E-state index contributed by atoms with van der Waals surface area (Å²) in [6.07, 6.45) is 3.72. The van der Waals surface area contributed by atoms with Gasteiger partial charge in [0, 0.05) is 28.4 Å². The second-order valence-corrected chi connectivity index (χ2v) is 5.25. The summed E-state index contributed by atoms with van der Waals surface area (Å²) in [5.74, 6) is 0. The van der Waals surface area contributed by atoms with E-state index in [4.69, 9.17) is 0 Å². The molecule has 0 aliphatic carbocycles. The highest BCUT2D eigenvalue weighted by atomic mass is 32.1. The minimum Gasteiger partial charge on any atom is -0.264 e. The molecule has 0 radical (unpaired) electrons. The van der Waals surface area contributed by atoms with Gasteiger partial charge in [0.2, 0.25) is 0 Å². The summed E-state index contributed by atoms with van der Waals surface area (Å²) in [6, 6.07) is 10.5. The summed E-state index contributed by atoms with van der Waals surface area (Å²) in [7, 11) is 0. The highest BCUT2D eigenvalue weighted by molar-refractivity contribution is 7.20. The molecule has 3 rings (SSSR count). The van der Waals surface area contributed by atoms with Crippen LogP contribution in [0.2, 0.25) is 0 Å². The average molecular weight is 243 g/mol. The van der Waals surface area contributed by atoms with Crippen LogP contribution in [0.1, 0.15) is 0 Å². The smallest absolute Gasteiger partial charge is 0.0521 e. The molecule has 0 aromatic carbocycles. The third kappa shape index (κ3) is 1.68. The second kappa shape index (κ2) is 4.20. The zero-order valence-electron chi connectivity index (χ0n) is 8.46. The summed E-state index contributed by atoms with van der Waals surface area (Å²) < 4.78 is 0. The number of nitrogens with zero attached hydrogens (tertiary/aromatic N) is 1. The normalized spacial score (nSPS) is 10.5. The Morgan fingerprint density at radius 2 is 1.94 bits per heavy atom. The number of hydrogen-bond donors (Lipinski definition) is 0. The van der Waals surface area contributed by atoms with Crippen molar-refractivity contribution in [3.63, 3.8) is 0 Å². The van der Waals surface area contributed by atoms with Gasteiger partial charge in [0.15, 0.2) is 0 Å². The molecule has 0 atom stereocenters. The molecule has 0 N–H and O–H groups in total. The SMILES string of the molecule is c1cncc(-c2ccsc2-c2cccs2)c1. The van der Waals surface area contributed by atoms with Crippen LogP contribution in [0.4, 0.5) is 0 Å². The Morgan fingerprint density at radius 1 is 0.938 bits per heavy atom. The molecule has 0 unspecified atom stereocenters. The second-order valence-electron chi connectivity index (χ2n) is 3.38. The van der Waals surface area contributed by atoms with E-state index in [0.29, 0.717) is 0 Å². The van der Waals surface area contributed by atoms with Crippen LogP contribution < -0.4 is 0 Å². The van der Waals surface area contributed by atoms with Gasteiger partial charge < -0.3 is 0 Å². The molecular weight excluding hydrogens is 234 g/mol. The topological polar surface area (TPSA) is 12.9 Å². The lowest BCUT2D eigenvalue weighted by atomic mass is 10.1. The lowest BCUT2D eigenvalue weighted by Gasteiger charge is -2.00. The fourth-order valence-corrected chi connectivity index (χ4v) is 3.46. The molecule has 16 heavy (non-hydrogen) atoms. The van der Waals surface area contributed by atoms with Crippen molar-refractivity contribution in [2.75, 3.05) is 0 Å². The molecule has 0 aliphatic rings. The molecule has 3 heterocycles. The van der Waals surface area contributed by atoms with E-state index in [9.17, 15) is 0 Å². The lowest BCUT2D eigenvalue weighted by molar-refractivity contribution is 1.33. The first-order chi connectivity index (χ1) is 7.95. The molecule has 0 fully saturated rings. The summed E-state index contributed by atoms with van der Waals surface area (Å²) in [6.45, 7) is 0. The number of pyridine rings is 1. The molecule has 0 aliphatic heterocycles. The zero-order valence-corrected chi connectivity index (χ0v) is 10.1. The van der Waals surface area contributed by atoms with E-state index in [0.717, 1.165) is 0 Å². The van der Waals surface area contributed by atoms with Gasteiger partial charge in [-0.15, -0.1) is 22.7 Å². The molecule has 0 bridgehead atoms. The average Bonchev–Trinajstić information content (AvgIpc) is 3.01. The van der Waals surface area contributed by atoms with Gasteiger partial charge in [-0.25, -0.2) is 0 Å². The van der Waals surface area contributed by atoms with E-state index >= 15 is 0 Å². The maximum Gasteiger partial charge on any atom is 0.0521 e. The van der Waals surface area contributed by atoms with Gasteiger partial charge in [-0.2, -0.15) is 0 Å². The predicted octanol–water partition coefficient (Wildman–Crippen LogP) is 4.54. The monoisotopic (exact) mass is 243 g/mol. The van der Waals surface area contributed by atoms with Gasteiger partial charge in [-0.1, -0.05) is 12.1 Å². The molecule has 1 nitrogen and oxygen atoms in total. The van der Waals surface area contributed by atoms with Gasteiger partial charge in [0.25, 0.3) is 0 Å². The first-order valence-electron chi connectivity index (χ1n) is 4.97. The molecule has 78 valence electrons. The lowest BCUT2D eigenvalue weighted by Crippen LogP contribution is -1.77. The van der Waals surface area contributed by atoms with Crippen LogP contribution in [0, 0.1) is 0 Å². The third-order valence-electron chi connectivity index (χ3n) is 2.38. The van der Waals surface area contributed by atoms with E-state index in [1.54, 1.807) is 28.9 Å². The van der Waals surface area contributed by atoms with Gasteiger partial charge in [-0.05, 0) is 29.0 Å². The Labute approximate surface area is 102 Å². The molecule has 0 spiro atoms. The first kappa shape index (κ1) is 9.75. The molecule has 0 saturated carbocycles. The van der Waals surface area contributed by atoms with Crippen LogP contribution >= 0.6 is 22.7 Å². The van der Waals surface area contributed by atoms with Crippen LogP contribution in [0.25, 0.3) is 20.9 Å². The minimum atomic E-state index is 1.19.